The Labute approximate surface area is 213 Å². The number of fused-ring (bicyclic) bond motifs is 1. The van der Waals surface area contributed by atoms with Crippen LogP contribution < -0.4 is 5.32 Å². The summed E-state index contributed by atoms with van der Waals surface area (Å²) >= 11 is 0. The molecule has 1 heterocycles. The summed E-state index contributed by atoms with van der Waals surface area (Å²) in [4.78, 5) is 15.3. The maximum atomic E-state index is 12.1. The molecular formula is C30H50N2O3. The Kier molecular flexibility index (Phi) is 16.0. The van der Waals surface area contributed by atoms with Crippen LogP contribution in [0.15, 0.2) is 24.4 Å². The van der Waals surface area contributed by atoms with Crippen LogP contribution in [0.5, 0.6) is 5.75 Å². The van der Waals surface area contributed by atoms with E-state index < -0.39 is 0 Å². The van der Waals surface area contributed by atoms with Gasteiger partial charge in [-0.1, -0.05) is 96.3 Å². The molecule has 0 unspecified atom stereocenters. The number of phenolic OH excluding ortho intramolecular Hbond substituents is 1. The van der Waals surface area contributed by atoms with Crippen molar-refractivity contribution in [2.45, 2.75) is 122 Å². The minimum absolute atomic E-state index is 0.148. The summed E-state index contributed by atoms with van der Waals surface area (Å²) in [5.41, 5.74) is 2.13. The Morgan fingerprint density at radius 1 is 0.743 bits per heavy atom. The summed E-state index contributed by atoms with van der Waals surface area (Å²) in [6.45, 7) is 0.981. The topological polar surface area (TPSA) is 85.4 Å². The Balaban J connectivity index is 1.32. The molecule has 0 bridgehead atoms. The van der Waals surface area contributed by atoms with Gasteiger partial charge in [0.25, 0.3) is 0 Å². The van der Waals surface area contributed by atoms with E-state index in [1.165, 1.54) is 89.9 Å². The van der Waals surface area contributed by atoms with E-state index in [0.29, 0.717) is 19.6 Å². The van der Waals surface area contributed by atoms with Gasteiger partial charge < -0.3 is 20.5 Å². The van der Waals surface area contributed by atoms with Gasteiger partial charge >= 0.3 is 0 Å². The lowest BCUT2D eigenvalue weighted by atomic mass is 10.0. The first kappa shape index (κ1) is 29.2. The van der Waals surface area contributed by atoms with Gasteiger partial charge in [-0.3, -0.25) is 4.79 Å². The largest absolute Gasteiger partial charge is 0.508 e. The SMILES string of the molecule is O=C(CCCCCCCCCCCCCCCCCCCO)NCCc1c[nH]c2ccc(O)cc12. The van der Waals surface area contributed by atoms with Gasteiger partial charge in [0.2, 0.25) is 5.91 Å². The summed E-state index contributed by atoms with van der Waals surface area (Å²) in [5.74, 6) is 0.417. The summed E-state index contributed by atoms with van der Waals surface area (Å²) in [6, 6.07) is 5.33. The number of benzene rings is 1. The van der Waals surface area contributed by atoms with Gasteiger partial charge in [-0.15, -0.1) is 0 Å². The Morgan fingerprint density at radius 2 is 1.26 bits per heavy atom. The van der Waals surface area contributed by atoms with E-state index in [9.17, 15) is 9.90 Å². The molecule has 1 aromatic carbocycles. The third kappa shape index (κ3) is 13.6. The number of aliphatic hydroxyl groups excluding tert-OH is 1. The highest BCUT2D eigenvalue weighted by Crippen LogP contribution is 2.23. The van der Waals surface area contributed by atoms with Crippen molar-refractivity contribution in [3.63, 3.8) is 0 Å². The highest BCUT2D eigenvalue weighted by Gasteiger charge is 2.06. The standard InChI is InChI=1S/C30H50N2O3/c33-23-17-15-13-11-9-7-5-3-1-2-4-6-8-10-12-14-16-18-30(35)31-22-21-26-25-32-29-20-19-27(34)24-28(26)29/h19-20,24-25,32-34H,1-18,21-23H2,(H,31,35). The highest BCUT2D eigenvalue weighted by molar-refractivity contribution is 5.84. The number of amides is 1. The number of aromatic nitrogens is 1. The van der Waals surface area contributed by atoms with Crippen molar-refractivity contribution in [3.05, 3.63) is 30.0 Å². The summed E-state index contributed by atoms with van der Waals surface area (Å²) in [5, 5.41) is 22.5. The van der Waals surface area contributed by atoms with E-state index in [4.69, 9.17) is 5.11 Å². The number of carbonyl (C=O) groups is 1. The van der Waals surface area contributed by atoms with Crippen LogP contribution in [0.3, 0.4) is 0 Å². The molecule has 0 radical (unpaired) electrons. The molecule has 0 fully saturated rings. The van der Waals surface area contributed by atoms with Gasteiger partial charge in [0.05, 0.1) is 0 Å². The van der Waals surface area contributed by atoms with Gasteiger partial charge in [0.1, 0.15) is 5.75 Å². The molecule has 0 aliphatic heterocycles. The van der Waals surface area contributed by atoms with Gasteiger partial charge in [-0.05, 0) is 43.0 Å². The number of phenols is 1. The van der Waals surface area contributed by atoms with Crippen molar-refractivity contribution in [1.82, 2.24) is 10.3 Å². The molecule has 1 amide bonds. The van der Waals surface area contributed by atoms with Gasteiger partial charge in [0.15, 0.2) is 0 Å². The Bertz CT molecular complexity index is 802. The molecule has 0 saturated carbocycles. The lowest BCUT2D eigenvalue weighted by Gasteiger charge is -2.06. The molecule has 0 atom stereocenters. The monoisotopic (exact) mass is 486 g/mol. The minimum atomic E-state index is 0.148. The first-order valence-electron chi connectivity index (χ1n) is 14.4. The number of H-pyrrole nitrogens is 1. The third-order valence-corrected chi connectivity index (χ3v) is 7.03. The van der Waals surface area contributed by atoms with Crippen LogP contribution in [0.1, 0.15) is 121 Å². The normalized spacial score (nSPS) is 11.3. The van der Waals surface area contributed by atoms with Crippen molar-refractivity contribution in [1.29, 1.82) is 0 Å². The van der Waals surface area contributed by atoms with E-state index in [1.54, 1.807) is 12.1 Å². The maximum absolute atomic E-state index is 12.1. The Hall–Kier alpha value is -2.01. The molecule has 0 aliphatic carbocycles. The number of carbonyl (C=O) groups excluding carboxylic acids is 1. The van der Waals surface area contributed by atoms with Crippen LogP contribution in [0.4, 0.5) is 0 Å². The smallest absolute Gasteiger partial charge is 0.220 e. The average Bonchev–Trinajstić information content (AvgIpc) is 3.25. The van der Waals surface area contributed by atoms with Crippen LogP contribution in [-0.4, -0.2) is 34.3 Å². The van der Waals surface area contributed by atoms with Crippen LogP contribution in [0.25, 0.3) is 10.9 Å². The first-order chi connectivity index (χ1) is 17.2. The zero-order chi connectivity index (χ0) is 25.0. The van der Waals surface area contributed by atoms with Crippen molar-refractivity contribution < 1.29 is 15.0 Å². The fourth-order valence-corrected chi connectivity index (χ4v) is 4.85. The fourth-order valence-electron chi connectivity index (χ4n) is 4.85. The van der Waals surface area contributed by atoms with Gasteiger partial charge in [0, 0.05) is 36.7 Å². The molecule has 35 heavy (non-hydrogen) atoms. The second kappa shape index (κ2) is 19.2. The first-order valence-corrected chi connectivity index (χ1v) is 14.4. The molecule has 4 N–H and O–H groups in total. The molecule has 5 heteroatoms. The number of rotatable bonds is 22. The van der Waals surface area contributed by atoms with Crippen LogP contribution in [0, 0.1) is 0 Å². The summed E-state index contributed by atoms with van der Waals surface area (Å²) in [6.07, 6.45) is 25.2. The average molecular weight is 487 g/mol. The van der Waals surface area contributed by atoms with E-state index in [-0.39, 0.29) is 11.7 Å². The molecular weight excluding hydrogens is 436 g/mol. The van der Waals surface area contributed by atoms with Crippen molar-refractivity contribution in [2.75, 3.05) is 13.2 Å². The zero-order valence-corrected chi connectivity index (χ0v) is 22.0. The number of nitrogens with one attached hydrogen (secondary N) is 2. The molecule has 2 aromatic rings. The van der Waals surface area contributed by atoms with Crippen LogP contribution in [0.2, 0.25) is 0 Å². The lowest BCUT2D eigenvalue weighted by Crippen LogP contribution is -2.25. The third-order valence-electron chi connectivity index (χ3n) is 7.03. The Morgan fingerprint density at radius 3 is 1.80 bits per heavy atom. The molecule has 1 aromatic heterocycles. The number of hydrogen-bond acceptors (Lipinski definition) is 3. The zero-order valence-electron chi connectivity index (χ0n) is 22.0. The fraction of sp³-hybridized carbons (Fsp3) is 0.700. The number of unbranched alkanes of at least 4 members (excludes halogenated alkanes) is 16. The molecule has 0 spiro atoms. The lowest BCUT2D eigenvalue weighted by molar-refractivity contribution is -0.121. The van der Waals surface area contributed by atoms with Crippen molar-refractivity contribution >= 4 is 16.8 Å². The molecule has 0 aliphatic rings. The molecule has 2 rings (SSSR count). The predicted octanol–water partition coefficient (Wildman–Crippen LogP) is 7.55. The van der Waals surface area contributed by atoms with Gasteiger partial charge in [-0.25, -0.2) is 0 Å². The number of aromatic amines is 1. The van der Waals surface area contributed by atoms with E-state index in [0.717, 1.165) is 42.1 Å². The minimum Gasteiger partial charge on any atom is -0.508 e. The van der Waals surface area contributed by atoms with Crippen molar-refractivity contribution in [2.24, 2.45) is 0 Å². The highest BCUT2D eigenvalue weighted by atomic mass is 16.3. The maximum Gasteiger partial charge on any atom is 0.220 e. The predicted molar refractivity (Wildman–Crippen MR) is 147 cm³/mol. The van der Waals surface area contributed by atoms with E-state index in [2.05, 4.69) is 10.3 Å². The van der Waals surface area contributed by atoms with E-state index in [1.807, 2.05) is 12.3 Å². The van der Waals surface area contributed by atoms with Crippen molar-refractivity contribution in [3.8, 4) is 5.75 Å². The van der Waals surface area contributed by atoms with Crippen LogP contribution in [-0.2, 0) is 11.2 Å². The van der Waals surface area contributed by atoms with E-state index >= 15 is 0 Å². The molecule has 0 saturated heterocycles. The number of aromatic hydroxyl groups is 1. The number of hydrogen-bond donors (Lipinski definition) is 4. The summed E-state index contributed by atoms with van der Waals surface area (Å²) in [7, 11) is 0. The van der Waals surface area contributed by atoms with Crippen LogP contribution >= 0.6 is 0 Å². The quantitative estimate of drug-likeness (QED) is 0.130. The van der Waals surface area contributed by atoms with Gasteiger partial charge in [-0.2, -0.15) is 0 Å². The summed E-state index contributed by atoms with van der Waals surface area (Å²) < 4.78 is 0. The number of aliphatic hydroxyl groups is 1. The molecule has 5 nitrogen and oxygen atoms in total. The second-order valence-electron chi connectivity index (χ2n) is 10.1. The second-order valence-corrected chi connectivity index (χ2v) is 10.1. The molecule has 198 valence electrons.